The highest BCUT2D eigenvalue weighted by Gasteiger charge is 2.18. The zero-order valence-electron chi connectivity index (χ0n) is 12.1. The number of benzene rings is 1. The highest BCUT2D eigenvalue weighted by molar-refractivity contribution is 5.71. The third-order valence-corrected chi connectivity index (χ3v) is 3.22. The lowest BCUT2D eigenvalue weighted by molar-refractivity contribution is -0.140. The fraction of sp³-hybridized carbons (Fsp3) is 0.467. The third-order valence-electron chi connectivity index (χ3n) is 3.22. The zero-order valence-corrected chi connectivity index (χ0v) is 12.1. The number of anilines is 1. The van der Waals surface area contributed by atoms with Gasteiger partial charge in [-0.05, 0) is 31.0 Å². The van der Waals surface area contributed by atoms with Gasteiger partial charge in [0.2, 0.25) is 0 Å². The van der Waals surface area contributed by atoms with E-state index in [2.05, 4.69) is 0 Å². The van der Waals surface area contributed by atoms with Gasteiger partial charge in [-0.1, -0.05) is 19.1 Å². The molecule has 0 amide bonds. The second-order valence-corrected chi connectivity index (χ2v) is 5.12. The number of nitrogens with zero attached hydrogens (tertiary/aromatic N) is 1. The van der Waals surface area contributed by atoms with Gasteiger partial charge >= 0.3 is 11.9 Å². The van der Waals surface area contributed by atoms with Crippen molar-refractivity contribution in [2.24, 2.45) is 5.92 Å². The van der Waals surface area contributed by atoms with Crippen molar-refractivity contribution in [3.63, 3.8) is 0 Å². The van der Waals surface area contributed by atoms with Crippen LogP contribution in [0.1, 0.15) is 24.5 Å². The first kappa shape index (κ1) is 16.0. The summed E-state index contributed by atoms with van der Waals surface area (Å²) in [5.41, 5.74) is 2.98. The molecule has 5 heteroatoms. The van der Waals surface area contributed by atoms with Crippen molar-refractivity contribution in [3.8, 4) is 0 Å². The van der Waals surface area contributed by atoms with E-state index in [0.29, 0.717) is 13.1 Å². The van der Waals surface area contributed by atoms with E-state index in [1.54, 1.807) is 6.92 Å². The standard InChI is InChI=1S/C15H21NO4/c1-10-4-5-11(2)13(8-10)16(7-6-14(17)18)9-12(3)15(19)20/h4-5,8,12H,6-7,9H2,1-3H3,(H,17,18)(H,19,20). The van der Waals surface area contributed by atoms with Crippen molar-refractivity contribution in [1.29, 1.82) is 0 Å². The Bertz CT molecular complexity index is 499. The summed E-state index contributed by atoms with van der Waals surface area (Å²) >= 11 is 0. The Hall–Kier alpha value is -2.04. The van der Waals surface area contributed by atoms with Gasteiger partial charge in [0.15, 0.2) is 0 Å². The predicted octanol–water partition coefficient (Wildman–Crippen LogP) is 2.31. The lowest BCUT2D eigenvalue weighted by Crippen LogP contribution is -2.34. The first-order chi connectivity index (χ1) is 9.31. The predicted molar refractivity (Wildman–Crippen MR) is 77.2 cm³/mol. The average Bonchev–Trinajstić information content (AvgIpc) is 2.36. The summed E-state index contributed by atoms with van der Waals surface area (Å²) in [7, 11) is 0. The van der Waals surface area contributed by atoms with Crippen LogP contribution in [-0.2, 0) is 9.59 Å². The molecule has 1 atom stereocenters. The number of carbonyl (C=O) groups is 2. The fourth-order valence-electron chi connectivity index (χ4n) is 2.01. The summed E-state index contributed by atoms with van der Waals surface area (Å²) in [5, 5.41) is 17.9. The van der Waals surface area contributed by atoms with E-state index in [1.165, 1.54) is 0 Å². The number of rotatable bonds is 7. The van der Waals surface area contributed by atoms with Gasteiger partial charge in [-0.3, -0.25) is 9.59 Å². The summed E-state index contributed by atoms with van der Waals surface area (Å²) in [4.78, 5) is 23.6. The SMILES string of the molecule is Cc1ccc(C)c(N(CCC(=O)O)CC(C)C(=O)O)c1. The van der Waals surface area contributed by atoms with Crippen LogP contribution < -0.4 is 4.90 Å². The molecule has 5 nitrogen and oxygen atoms in total. The van der Waals surface area contributed by atoms with Crippen molar-refractivity contribution >= 4 is 17.6 Å². The minimum atomic E-state index is -0.886. The molecule has 0 saturated heterocycles. The van der Waals surface area contributed by atoms with E-state index in [9.17, 15) is 9.59 Å². The minimum Gasteiger partial charge on any atom is -0.481 e. The maximum atomic E-state index is 11.0. The van der Waals surface area contributed by atoms with Crippen LogP contribution in [0.5, 0.6) is 0 Å². The summed E-state index contributed by atoms with van der Waals surface area (Å²) in [5.74, 6) is -2.32. The molecule has 0 bridgehead atoms. The molecule has 0 radical (unpaired) electrons. The van der Waals surface area contributed by atoms with Crippen molar-refractivity contribution in [3.05, 3.63) is 29.3 Å². The minimum absolute atomic E-state index is 0.0142. The van der Waals surface area contributed by atoms with Gasteiger partial charge in [0.25, 0.3) is 0 Å². The Morgan fingerprint density at radius 1 is 1.25 bits per heavy atom. The molecule has 1 rings (SSSR count). The first-order valence-electron chi connectivity index (χ1n) is 6.58. The molecule has 1 aromatic rings. The highest BCUT2D eigenvalue weighted by atomic mass is 16.4. The van der Waals surface area contributed by atoms with E-state index in [-0.39, 0.29) is 6.42 Å². The van der Waals surface area contributed by atoms with Crippen LogP contribution in [0.2, 0.25) is 0 Å². The van der Waals surface area contributed by atoms with Gasteiger partial charge in [-0.25, -0.2) is 0 Å². The van der Waals surface area contributed by atoms with Crippen LogP contribution in [0.25, 0.3) is 0 Å². The maximum absolute atomic E-state index is 11.0. The molecule has 0 aliphatic rings. The molecule has 0 fully saturated rings. The smallest absolute Gasteiger partial charge is 0.308 e. The van der Waals surface area contributed by atoms with Crippen LogP contribution >= 0.6 is 0 Å². The molecule has 110 valence electrons. The first-order valence-corrected chi connectivity index (χ1v) is 6.58. The summed E-state index contributed by atoms with van der Waals surface area (Å²) in [6.07, 6.45) is -0.0142. The lowest BCUT2D eigenvalue weighted by Gasteiger charge is -2.28. The Morgan fingerprint density at radius 2 is 1.90 bits per heavy atom. The number of carboxylic acids is 2. The van der Waals surface area contributed by atoms with E-state index in [4.69, 9.17) is 10.2 Å². The molecule has 0 saturated carbocycles. The van der Waals surface area contributed by atoms with Gasteiger partial charge in [0.1, 0.15) is 0 Å². The fourth-order valence-corrected chi connectivity index (χ4v) is 2.01. The third kappa shape index (κ3) is 4.57. The van der Waals surface area contributed by atoms with E-state index >= 15 is 0 Å². The van der Waals surface area contributed by atoms with E-state index in [0.717, 1.165) is 16.8 Å². The summed E-state index contributed by atoms with van der Waals surface area (Å²) in [6.45, 7) is 6.12. The molecule has 1 aromatic carbocycles. The van der Waals surface area contributed by atoms with Crippen molar-refractivity contribution in [2.75, 3.05) is 18.0 Å². The summed E-state index contributed by atoms with van der Waals surface area (Å²) < 4.78 is 0. The Labute approximate surface area is 118 Å². The van der Waals surface area contributed by atoms with Gasteiger partial charge in [0.05, 0.1) is 12.3 Å². The molecule has 2 N–H and O–H groups in total. The Morgan fingerprint density at radius 3 is 2.45 bits per heavy atom. The zero-order chi connectivity index (χ0) is 15.3. The summed E-state index contributed by atoms with van der Waals surface area (Å²) in [6, 6.07) is 5.91. The second kappa shape index (κ2) is 6.93. The molecule has 0 aliphatic carbocycles. The quantitative estimate of drug-likeness (QED) is 0.800. The largest absolute Gasteiger partial charge is 0.481 e. The number of aliphatic carboxylic acids is 2. The average molecular weight is 279 g/mol. The molecule has 0 spiro atoms. The van der Waals surface area contributed by atoms with Crippen LogP contribution in [0, 0.1) is 19.8 Å². The normalized spacial score (nSPS) is 11.9. The molecule has 0 aromatic heterocycles. The van der Waals surface area contributed by atoms with Gasteiger partial charge in [-0.15, -0.1) is 0 Å². The molecule has 1 unspecified atom stereocenters. The van der Waals surface area contributed by atoms with E-state index < -0.39 is 17.9 Å². The number of hydrogen-bond donors (Lipinski definition) is 2. The van der Waals surface area contributed by atoms with Gasteiger partial charge in [0, 0.05) is 18.8 Å². The molecular formula is C15H21NO4. The number of hydrogen-bond acceptors (Lipinski definition) is 3. The van der Waals surface area contributed by atoms with Crippen LogP contribution in [0.15, 0.2) is 18.2 Å². The molecule has 20 heavy (non-hydrogen) atoms. The van der Waals surface area contributed by atoms with Gasteiger partial charge in [-0.2, -0.15) is 0 Å². The number of aryl methyl sites for hydroxylation is 2. The molecule has 0 heterocycles. The van der Waals surface area contributed by atoms with Crippen LogP contribution in [-0.4, -0.2) is 35.2 Å². The van der Waals surface area contributed by atoms with Crippen molar-refractivity contribution in [1.82, 2.24) is 0 Å². The maximum Gasteiger partial charge on any atom is 0.308 e. The van der Waals surface area contributed by atoms with Gasteiger partial charge < -0.3 is 15.1 Å². The van der Waals surface area contributed by atoms with Crippen molar-refractivity contribution < 1.29 is 19.8 Å². The molecular weight excluding hydrogens is 258 g/mol. The second-order valence-electron chi connectivity index (χ2n) is 5.12. The number of carboxylic acid groups (broad SMARTS) is 2. The Balaban J connectivity index is 2.99. The Kier molecular flexibility index (Phi) is 5.55. The van der Waals surface area contributed by atoms with Crippen LogP contribution in [0.4, 0.5) is 5.69 Å². The highest BCUT2D eigenvalue weighted by Crippen LogP contribution is 2.23. The molecule has 0 aliphatic heterocycles. The lowest BCUT2D eigenvalue weighted by atomic mass is 10.1. The van der Waals surface area contributed by atoms with Crippen molar-refractivity contribution in [2.45, 2.75) is 27.2 Å². The van der Waals surface area contributed by atoms with Crippen LogP contribution in [0.3, 0.4) is 0 Å². The van der Waals surface area contributed by atoms with E-state index in [1.807, 2.05) is 36.9 Å². The monoisotopic (exact) mass is 279 g/mol. The topological polar surface area (TPSA) is 77.8 Å².